The Morgan fingerprint density at radius 1 is 1.00 bits per heavy atom. The van der Waals surface area contributed by atoms with Crippen LogP contribution in [-0.2, 0) is 0 Å². The van der Waals surface area contributed by atoms with E-state index in [2.05, 4.69) is 26.3 Å². The predicted molar refractivity (Wildman–Crippen MR) is 51.0 cm³/mol. The van der Waals surface area contributed by atoms with Crippen molar-refractivity contribution in [2.24, 2.45) is 0 Å². The second kappa shape index (κ2) is 3.62. The van der Waals surface area contributed by atoms with Gasteiger partial charge in [-0.1, -0.05) is 5.92 Å². The van der Waals surface area contributed by atoms with Gasteiger partial charge in [-0.3, -0.25) is 0 Å². The van der Waals surface area contributed by atoms with Crippen molar-refractivity contribution in [3.05, 3.63) is 36.2 Å². The number of aromatic nitrogens is 4. The second-order valence-corrected chi connectivity index (χ2v) is 2.59. The van der Waals surface area contributed by atoms with E-state index in [0.717, 1.165) is 11.1 Å². The van der Waals surface area contributed by atoms with Gasteiger partial charge in [0.15, 0.2) is 6.33 Å². The predicted octanol–water partition coefficient (Wildman–Crippen LogP) is 0.915. The summed E-state index contributed by atoms with van der Waals surface area (Å²) in [4.78, 5) is 0. The van der Waals surface area contributed by atoms with Crippen molar-refractivity contribution in [3.8, 4) is 23.7 Å². The summed E-state index contributed by atoms with van der Waals surface area (Å²) in [7, 11) is 0. The van der Waals surface area contributed by atoms with Gasteiger partial charge in [-0.25, -0.2) is 0 Å². The summed E-state index contributed by atoms with van der Waals surface area (Å²) in [6.45, 7) is 0. The van der Waals surface area contributed by atoms with Crippen LogP contribution in [0.25, 0.3) is 11.4 Å². The van der Waals surface area contributed by atoms with Gasteiger partial charge in [0.25, 0.3) is 0 Å². The molecule has 0 fully saturated rings. The first-order valence-electron chi connectivity index (χ1n) is 3.97. The topological polar surface area (TPSA) is 51.6 Å². The largest absolute Gasteiger partial charge is 0.203 e. The lowest BCUT2D eigenvalue weighted by molar-refractivity contribution is 0.864. The Hall–Kier alpha value is -2.28. The number of benzene rings is 1. The van der Waals surface area contributed by atoms with Crippen LogP contribution in [0.3, 0.4) is 0 Å². The molecule has 2 rings (SSSR count). The molecular formula is C10H6N4. The van der Waals surface area contributed by atoms with Crippen LogP contribution >= 0.6 is 0 Å². The summed E-state index contributed by atoms with van der Waals surface area (Å²) in [5, 5.41) is 14.9. The van der Waals surface area contributed by atoms with Crippen LogP contribution in [0, 0.1) is 12.3 Å². The first-order valence-corrected chi connectivity index (χ1v) is 3.97. The van der Waals surface area contributed by atoms with Gasteiger partial charge in [-0.15, -0.1) is 26.8 Å². The third-order valence-electron chi connectivity index (χ3n) is 1.72. The summed E-state index contributed by atoms with van der Waals surface area (Å²) in [6.07, 6.45) is 6.52. The molecule has 2 aromatic rings. The van der Waals surface area contributed by atoms with Gasteiger partial charge >= 0.3 is 0 Å². The van der Waals surface area contributed by atoms with E-state index in [-0.39, 0.29) is 0 Å². The summed E-state index contributed by atoms with van der Waals surface area (Å²) in [6, 6.07) is 7.33. The molecule has 0 aliphatic heterocycles. The van der Waals surface area contributed by atoms with Crippen LogP contribution in [0.15, 0.2) is 30.6 Å². The minimum Gasteiger partial charge on any atom is -0.135 e. The molecule has 0 spiro atoms. The minimum atomic E-state index is 0.496. The molecule has 4 heteroatoms. The number of hydrogen-bond donors (Lipinski definition) is 0. The fourth-order valence-corrected chi connectivity index (χ4v) is 1.04. The van der Waals surface area contributed by atoms with Crippen molar-refractivity contribution >= 4 is 0 Å². The molecule has 0 N–H and O–H groups in total. The maximum atomic E-state index is 5.23. The highest BCUT2D eigenvalue weighted by molar-refractivity contribution is 5.55. The molecule has 0 aliphatic carbocycles. The maximum Gasteiger partial charge on any atom is 0.203 e. The van der Waals surface area contributed by atoms with Crippen molar-refractivity contribution in [2.75, 3.05) is 0 Å². The molecule has 0 bridgehead atoms. The average Bonchev–Trinajstić information content (AvgIpc) is 2.30. The van der Waals surface area contributed by atoms with Gasteiger partial charge in [0.05, 0.1) is 0 Å². The molecule has 1 heterocycles. The lowest BCUT2D eigenvalue weighted by Gasteiger charge is -1.96. The first-order chi connectivity index (χ1) is 6.90. The lowest BCUT2D eigenvalue weighted by Crippen LogP contribution is -1.93. The van der Waals surface area contributed by atoms with E-state index in [4.69, 9.17) is 6.42 Å². The normalized spacial score (nSPS) is 9.36. The van der Waals surface area contributed by atoms with Crippen molar-refractivity contribution in [1.29, 1.82) is 0 Å². The van der Waals surface area contributed by atoms with Crippen LogP contribution in [0.2, 0.25) is 0 Å². The van der Waals surface area contributed by atoms with Crippen molar-refractivity contribution < 1.29 is 0 Å². The molecule has 1 aromatic heterocycles. The third-order valence-corrected chi connectivity index (χ3v) is 1.72. The molecule has 4 nitrogen and oxygen atoms in total. The van der Waals surface area contributed by atoms with Crippen LogP contribution in [0.4, 0.5) is 0 Å². The van der Waals surface area contributed by atoms with Crippen LogP contribution in [0.5, 0.6) is 0 Å². The maximum absolute atomic E-state index is 5.23. The summed E-state index contributed by atoms with van der Waals surface area (Å²) in [5.41, 5.74) is 1.68. The van der Waals surface area contributed by atoms with E-state index >= 15 is 0 Å². The molecule has 1 aromatic carbocycles. The van der Waals surface area contributed by atoms with Crippen molar-refractivity contribution in [3.63, 3.8) is 0 Å². The molecule has 0 aliphatic rings. The number of rotatable bonds is 1. The zero-order valence-electron chi connectivity index (χ0n) is 7.25. The lowest BCUT2D eigenvalue weighted by atomic mass is 10.1. The molecule has 0 unspecified atom stereocenters. The van der Waals surface area contributed by atoms with E-state index in [0.29, 0.717) is 5.82 Å². The third kappa shape index (κ3) is 1.57. The van der Waals surface area contributed by atoms with Crippen molar-refractivity contribution in [2.45, 2.75) is 0 Å². The van der Waals surface area contributed by atoms with E-state index in [1.165, 1.54) is 6.33 Å². The van der Waals surface area contributed by atoms with Gasteiger partial charge in [0.2, 0.25) is 5.82 Å². The number of nitrogens with zero attached hydrogens (tertiary/aromatic N) is 4. The van der Waals surface area contributed by atoms with E-state index in [9.17, 15) is 0 Å². The Kier molecular flexibility index (Phi) is 2.15. The van der Waals surface area contributed by atoms with Crippen molar-refractivity contribution in [1.82, 2.24) is 20.4 Å². The molecular weight excluding hydrogens is 176 g/mol. The molecule has 0 radical (unpaired) electrons. The smallest absolute Gasteiger partial charge is 0.135 e. The second-order valence-electron chi connectivity index (χ2n) is 2.59. The summed E-state index contributed by atoms with van der Waals surface area (Å²) in [5.74, 6) is 3.03. The highest BCUT2D eigenvalue weighted by Gasteiger charge is 1.99. The Morgan fingerprint density at radius 3 is 2.21 bits per heavy atom. The molecule has 0 amide bonds. The SMILES string of the molecule is C#Cc1ccc(-c2nncnn2)cc1. The molecule has 66 valence electrons. The highest BCUT2D eigenvalue weighted by atomic mass is 15.3. The Labute approximate surface area is 81.0 Å². The average molecular weight is 182 g/mol. The zero-order chi connectivity index (χ0) is 9.80. The molecule has 0 saturated carbocycles. The van der Waals surface area contributed by atoms with Gasteiger partial charge in [-0.05, 0) is 24.3 Å². The van der Waals surface area contributed by atoms with E-state index in [1.54, 1.807) is 0 Å². The van der Waals surface area contributed by atoms with Gasteiger partial charge in [0.1, 0.15) is 0 Å². The van der Waals surface area contributed by atoms with Crippen LogP contribution in [0.1, 0.15) is 5.56 Å². The van der Waals surface area contributed by atoms with Gasteiger partial charge < -0.3 is 0 Å². The van der Waals surface area contributed by atoms with Gasteiger partial charge in [0, 0.05) is 11.1 Å². The van der Waals surface area contributed by atoms with Gasteiger partial charge in [-0.2, -0.15) is 0 Å². The standard InChI is InChI=1S/C10H6N4/c1-2-8-3-5-9(6-4-8)10-13-11-7-12-14-10/h1,3-7H. The van der Waals surface area contributed by atoms with E-state index in [1.807, 2.05) is 24.3 Å². The fourth-order valence-electron chi connectivity index (χ4n) is 1.04. The Bertz CT molecular complexity index is 456. The minimum absolute atomic E-state index is 0.496. The summed E-state index contributed by atoms with van der Waals surface area (Å²) < 4.78 is 0. The van der Waals surface area contributed by atoms with E-state index < -0.39 is 0 Å². The molecule has 0 atom stereocenters. The fraction of sp³-hybridized carbons (Fsp3) is 0. The zero-order valence-corrected chi connectivity index (χ0v) is 7.25. The van der Waals surface area contributed by atoms with Crippen LogP contribution < -0.4 is 0 Å². The Balaban J connectivity index is 2.40. The summed E-state index contributed by atoms with van der Waals surface area (Å²) >= 11 is 0. The quantitative estimate of drug-likeness (QED) is 0.615. The first kappa shape index (κ1) is 8.32. The number of terminal acetylenes is 1. The monoisotopic (exact) mass is 182 g/mol. The number of hydrogen-bond acceptors (Lipinski definition) is 4. The molecule has 0 saturated heterocycles. The van der Waals surface area contributed by atoms with Crippen LogP contribution in [-0.4, -0.2) is 20.4 Å². The Morgan fingerprint density at radius 2 is 1.64 bits per heavy atom. The molecule has 14 heavy (non-hydrogen) atoms. The highest BCUT2D eigenvalue weighted by Crippen LogP contribution is 2.12.